The van der Waals surface area contributed by atoms with E-state index in [0.717, 1.165) is 4.57 Å². The van der Waals surface area contributed by atoms with Crippen LogP contribution in [0.5, 0.6) is 0 Å². The van der Waals surface area contributed by atoms with Gasteiger partial charge in [0.15, 0.2) is 0 Å². The number of ether oxygens (including phenoxy) is 2. The second-order valence-electron chi connectivity index (χ2n) is 6.29. The minimum absolute atomic E-state index is 0.0517. The molecule has 0 saturated carbocycles. The molecule has 0 aliphatic rings. The molecule has 0 aliphatic carbocycles. The number of carbonyl (C=O) groups is 2. The van der Waals surface area contributed by atoms with Crippen molar-refractivity contribution >= 4 is 23.1 Å². The van der Waals surface area contributed by atoms with Crippen molar-refractivity contribution in [3.05, 3.63) is 34.7 Å². The highest BCUT2D eigenvalue weighted by atomic mass is 16.6. The molecule has 24 heavy (non-hydrogen) atoms. The molecule has 0 aliphatic heterocycles. The van der Waals surface area contributed by atoms with E-state index in [1.54, 1.807) is 52.0 Å². The van der Waals surface area contributed by atoms with E-state index in [2.05, 4.69) is 0 Å². The van der Waals surface area contributed by atoms with Crippen molar-refractivity contribution in [3.8, 4) is 0 Å². The summed E-state index contributed by atoms with van der Waals surface area (Å²) in [6.07, 6.45) is -0.686. The lowest BCUT2D eigenvalue weighted by Gasteiger charge is -2.19. The number of benzene rings is 1. The number of nitrogens with zero attached hydrogens (tertiary/aromatic N) is 2. The highest BCUT2D eigenvalue weighted by Gasteiger charge is 2.24. The van der Waals surface area contributed by atoms with Gasteiger partial charge in [-0.25, -0.2) is 9.59 Å². The van der Waals surface area contributed by atoms with Crippen molar-refractivity contribution in [3.63, 3.8) is 0 Å². The number of aromatic nitrogens is 2. The summed E-state index contributed by atoms with van der Waals surface area (Å²) in [4.78, 5) is 36.6. The van der Waals surface area contributed by atoms with Crippen molar-refractivity contribution in [2.45, 2.75) is 46.3 Å². The van der Waals surface area contributed by atoms with Gasteiger partial charge in [0.25, 0.3) is 0 Å². The van der Waals surface area contributed by atoms with Crippen molar-refractivity contribution in [1.82, 2.24) is 9.13 Å². The van der Waals surface area contributed by atoms with Crippen LogP contribution in [-0.4, -0.2) is 33.4 Å². The summed E-state index contributed by atoms with van der Waals surface area (Å²) in [6.45, 7) is 7.33. The van der Waals surface area contributed by atoms with Gasteiger partial charge in [-0.3, -0.25) is 9.36 Å². The van der Waals surface area contributed by atoms with Crippen LogP contribution in [0.1, 0.15) is 34.1 Å². The first-order chi connectivity index (χ1) is 11.2. The highest BCUT2D eigenvalue weighted by Crippen LogP contribution is 2.16. The van der Waals surface area contributed by atoms with E-state index in [-0.39, 0.29) is 19.6 Å². The summed E-state index contributed by atoms with van der Waals surface area (Å²) in [5.74, 6) is -0.390. The van der Waals surface area contributed by atoms with Gasteiger partial charge >= 0.3 is 17.8 Å². The molecular formula is C17H22N2O5. The van der Waals surface area contributed by atoms with E-state index in [1.807, 2.05) is 0 Å². The predicted octanol–water partition coefficient (Wildman–Crippen LogP) is 2.54. The number of imidazole rings is 1. The van der Waals surface area contributed by atoms with Crippen molar-refractivity contribution in [2.75, 3.05) is 6.61 Å². The first-order valence-electron chi connectivity index (χ1n) is 7.84. The molecule has 0 atom stereocenters. The molecule has 0 amide bonds. The topological polar surface area (TPSA) is 79.5 Å². The summed E-state index contributed by atoms with van der Waals surface area (Å²) < 4.78 is 12.6. The summed E-state index contributed by atoms with van der Waals surface area (Å²) in [5.41, 5.74) is -0.238. The predicted molar refractivity (Wildman–Crippen MR) is 89.1 cm³/mol. The van der Waals surface area contributed by atoms with Crippen LogP contribution in [0.3, 0.4) is 0 Å². The van der Waals surface area contributed by atoms with Gasteiger partial charge in [0.2, 0.25) is 0 Å². The molecule has 7 heteroatoms. The van der Waals surface area contributed by atoms with Gasteiger partial charge in [0.1, 0.15) is 5.60 Å². The van der Waals surface area contributed by atoms with Crippen LogP contribution < -0.4 is 5.69 Å². The molecule has 0 unspecified atom stereocenters. The van der Waals surface area contributed by atoms with Crippen LogP contribution in [0.4, 0.5) is 4.79 Å². The molecule has 0 N–H and O–H groups in total. The molecule has 2 rings (SSSR count). The van der Waals surface area contributed by atoms with E-state index in [4.69, 9.17) is 9.47 Å². The molecule has 7 nitrogen and oxygen atoms in total. The Hall–Kier alpha value is -2.57. The van der Waals surface area contributed by atoms with Crippen LogP contribution in [-0.2, 0) is 20.8 Å². The lowest BCUT2D eigenvalue weighted by atomic mass is 10.2. The zero-order valence-corrected chi connectivity index (χ0v) is 14.4. The van der Waals surface area contributed by atoms with Gasteiger partial charge in [-0.15, -0.1) is 0 Å². The Morgan fingerprint density at radius 3 is 2.33 bits per heavy atom. The number of rotatable bonds is 4. The van der Waals surface area contributed by atoms with Crippen LogP contribution in [0.25, 0.3) is 11.0 Å². The monoisotopic (exact) mass is 334 g/mol. The molecule has 130 valence electrons. The fraction of sp³-hybridized carbons (Fsp3) is 0.471. The molecule has 1 aromatic heterocycles. The molecule has 0 spiro atoms. The van der Waals surface area contributed by atoms with Gasteiger partial charge < -0.3 is 9.47 Å². The van der Waals surface area contributed by atoms with Gasteiger partial charge in [-0.1, -0.05) is 12.1 Å². The van der Waals surface area contributed by atoms with E-state index in [9.17, 15) is 14.4 Å². The number of para-hydroxylation sites is 2. The Labute approximate surface area is 139 Å². The largest absolute Gasteiger partial charge is 0.466 e. The van der Waals surface area contributed by atoms with Gasteiger partial charge in [-0.05, 0) is 39.8 Å². The number of aryl methyl sites for hydroxylation is 1. The molecule has 0 bridgehead atoms. The van der Waals surface area contributed by atoms with E-state index >= 15 is 0 Å². The Morgan fingerprint density at radius 1 is 1.12 bits per heavy atom. The van der Waals surface area contributed by atoms with Crippen LogP contribution >= 0.6 is 0 Å². The summed E-state index contributed by atoms with van der Waals surface area (Å²) in [5, 5.41) is 0. The van der Waals surface area contributed by atoms with Crippen molar-refractivity contribution < 1.29 is 19.1 Å². The Kier molecular flexibility index (Phi) is 5.11. The van der Waals surface area contributed by atoms with E-state index < -0.39 is 23.4 Å². The molecule has 0 radical (unpaired) electrons. The number of hydrogen-bond acceptors (Lipinski definition) is 5. The Bertz CT molecular complexity index is 810. The summed E-state index contributed by atoms with van der Waals surface area (Å²) >= 11 is 0. The van der Waals surface area contributed by atoms with Gasteiger partial charge in [0.05, 0.1) is 24.1 Å². The third-order valence-corrected chi connectivity index (χ3v) is 3.26. The minimum Gasteiger partial charge on any atom is -0.466 e. The number of hydrogen-bond donors (Lipinski definition) is 0. The normalized spacial score (nSPS) is 11.5. The van der Waals surface area contributed by atoms with Gasteiger partial charge in [-0.2, -0.15) is 4.57 Å². The summed E-state index contributed by atoms with van der Waals surface area (Å²) in [6, 6.07) is 6.89. The number of carbonyl (C=O) groups excluding carboxylic acids is 2. The highest BCUT2D eigenvalue weighted by molar-refractivity contribution is 5.87. The number of fused-ring (bicyclic) bond motifs is 1. The maximum atomic E-state index is 12.7. The zero-order chi connectivity index (χ0) is 17.9. The molecule has 0 saturated heterocycles. The van der Waals surface area contributed by atoms with Crippen molar-refractivity contribution in [1.29, 1.82) is 0 Å². The number of esters is 1. The maximum absolute atomic E-state index is 12.7. The SMILES string of the molecule is CCOC(=O)CCn1c(=O)n(C(=O)OC(C)(C)C)c2ccccc21. The maximum Gasteiger partial charge on any atom is 0.423 e. The molecule has 1 aromatic carbocycles. The molecule has 0 fully saturated rings. The molecule has 1 heterocycles. The lowest BCUT2D eigenvalue weighted by molar-refractivity contribution is -0.143. The zero-order valence-electron chi connectivity index (χ0n) is 14.4. The smallest absolute Gasteiger partial charge is 0.423 e. The minimum atomic E-state index is -0.737. The first-order valence-corrected chi connectivity index (χ1v) is 7.84. The molecular weight excluding hydrogens is 312 g/mol. The fourth-order valence-electron chi connectivity index (χ4n) is 2.34. The van der Waals surface area contributed by atoms with E-state index in [0.29, 0.717) is 11.0 Å². The standard InChI is InChI=1S/C17H22N2O5/c1-5-23-14(20)10-11-18-12-8-6-7-9-13(12)19(15(18)21)16(22)24-17(2,3)4/h6-9H,5,10-11H2,1-4H3. The second kappa shape index (κ2) is 6.90. The van der Waals surface area contributed by atoms with Crippen LogP contribution in [0, 0.1) is 0 Å². The quantitative estimate of drug-likeness (QED) is 0.803. The molecule has 2 aromatic rings. The van der Waals surface area contributed by atoms with Gasteiger partial charge in [0, 0.05) is 6.54 Å². The van der Waals surface area contributed by atoms with E-state index in [1.165, 1.54) is 4.57 Å². The Morgan fingerprint density at radius 2 is 1.75 bits per heavy atom. The average Bonchev–Trinajstić information content (AvgIpc) is 2.75. The van der Waals surface area contributed by atoms with Crippen LogP contribution in [0.15, 0.2) is 29.1 Å². The second-order valence-corrected chi connectivity index (χ2v) is 6.29. The first kappa shape index (κ1) is 17.8. The fourth-order valence-corrected chi connectivity index (χ4v) is 2.34. The van der Waals surface area contributed by atoms with Crippen molar-refractivity contribution in [2.24, 2.45) is 0 Å². The third-order valence-electron chi connectivity index (χ3n) is 3.26. The average molecular weight is 334 g/mol. The summed E-state index contributed by atoms with van der Waals surface area (Å²) in [7, 11) is 0. The third kappa shape index (κ3) is 3.84. The lowest BCUT2D eigenvalue weighted by Crippen LogP contribution is -2.34. The Balaban J connectivity index is 2.43. The van der Waals surface area contributed by atoms with Crippen LogP contribution in [0.2, 0.25) is 0 Å².